The van der Waals surface area contributed by atoms with E-state index in [-0.39, 0.29) is 0 Å². The maximum absolute atomic E-state index is 5.65. The van der Waals surface area contributed by atoms with Crippen molar-refractivity contribution in [2.24, 2.45) is 0 Å². The van der Waals surface area contributed by atoms with E-state index >= 15 is 0 Å². The van der Waals surface area contributed by atoms with E-state index in [0.717, 1.165) is 31.1 Å². The van der Waals surface area contributed by atoms with Gasteiger partial charge < -0.3 is 4.74 Å². The average Bonchev–Trinajstić information content (AvgIpc) is 2.19. The van der Waals surface area contributed by atoms with E-state index in [9.17, 15) is 0 Å². The number of aryl methyl sites for hydroxylation is 2. The Morgan fingerprint density at radius 1 is 1.36 bits per heavy atom. The van der Waals surface area contributed by atoms with Gasteiger partial charge in [0.1, 0.15) is 5.75 Å². The highest BCUT2D eigenvalue weighted by Crippen LogP contribution is 2.19. The number of hydrogen-bond donors (Lipinski definition) is 0. The molecule has 0 N–H and O–H groups in total. The highest BCUT2D eigenvalue weighted by molar-refractivity contribution is 6.17. The van der Waals surface area contributed by atoms with Gasteiger partial charge in [0.2, 0.25) is 0 Å². The lowest BCUT2D eigenvalue weighted by molar-refractivity contribution is 0.338. The molecule has 1 aromatic carbocycles. The van der Waals surface area contributed by atoms with Crippen molar-refractivity contribution < 1.29 is 4.74 Å². The van der Waals surface area contributed by atoms with Gasteiger partial charge in [0.05, 0.1) is 6.61 Å². The van der Waals surface area contributed by atoms with E-state index in [1.54, 1.807) is 0 Å². The fourth-order valence-electron chi connectivity index (χ4n) is 1.46. The Bertz CT molecular complexity index is 284. The first kappa shape index (κ1) is 11.4. The normalized spacial score (nSPS) is 10.2. The first-order chi connectivity index (χ1) is 6.77. The van der Waals surface area contributed by atoms with Crippen molar-refractivity contribution in [1.29, 1.82) is 0 Å². The molecule has 0 saturated carbocycles. The van der Waals surface area contributed by atoms with Crippen LogP contribution < -0.4 is 4.74 Å². The van der Waals surface area contributed by atoms with E-state index in [1.165, 1.54) is 11.1 Å². The SMILES string of the molecule is CCOc1ccc(CCCCl)cc1C. The lowest BCUT2D eigenvalue weighted by Crippen LogP contribution is -1.95. The molecule has 0 aromatic heterocycles. The molecule has 0 aliphatic rings. The Morgan fingerprint density at radius 2 is 2.14 bits per heavy atom. The molecule has 2 heteroatoms. The molecule has 0 spiro atoms. The van der Waals surface area contributed by atoms with E-state index in [2.05, 4.69) is 19.1 Å². The summed E-state index contributed by atoms with van der Waals surface area (Å²) in [5.74, 6) is 1.72. The van der Waals surface area contributed by atoms with Crippen LogP contribution in [0.25, 0.3) is 0 Å². The molecule has 1 nitrogen and oxygen atoms in total. The number of halogens is 1. The van der Waals surface area contributed by atoms with Crippen LogP contribution in [0, 0.1) is 6.92 Å². The number of alkyl halides is 1. The van der Waals surface area contributed by atoms with Crippen LogP contribution in [0.15, 0.2) is 18.2 Å². The lowest BCUT2D eigenvalue weighted by Gasteiger charge is -2.08. The maximum Gasteiger partial charge on any atom is 0.122 e. The van der Waals surface area contributed by atoms with Crippen LogP contribution in [0.1, 0.15) is 24.5 Å². The summed E-state index contributed by atoms with van der Waals surface area (Å²) in [4.78, 5) is 0. The van der Waals surface area contributed by atoms with Gasteiger partial charge in [0, 0.05) is 5.88 Å². The molecule has 0 fully saturated rings. The summed E-state index contributed by atoms with van der Waals surface area (Å²) in [5.41, 5.74) is 2.55. The molecule has 1 rings (SSSR count). The second-order valence-electron chi connectivity index (χ2n) is 3.33. The second-order valence-corrected chi connectivity index (χ2v) is 3.70. The number of rotatable bonds is 5. The van der Waals surface area contributed by atoms with Gasteiger partial charge >= 0.3 is 0 Å². The number of benzene rings is 1. The van der Waals surface area contributed by atoms with Gasteiger partial charge in [-0.05, 0) is 43.9 Å². The molecule has 0 unspecified atom stereocenters. The molecular formula is C12H17ClO. The van der Waals surface area contributed by atoms with E-state index in [4.69, 9.17) is 16.3 Å². The molecule has 78 valence electrons. The molecule has 0 bridgehead atoms. The maximum atomic E-state index is 5.65. The van der Waals surface area contributed by atoms with Gasteiger partial charge in [-0.2, -0.15) is 0 Å². The minimum atomic E-state index is 0.724. The zero-order valence-electron chi connectivity index (χ0n) is 8.85. The zero-order chi connectivity index (χ0) is 10.4. The van der Waals surface area contributed by atoms with Crippen molar-refractivity contribution in [2.45, 2.75) is 26.7 Å². The molecule has 1 aromatic rings. The van der Waals surface area contributed by atoms with Crippen molar-refractivity contribution in [3.05, 3.63) is 29.3 Å². The molecule has 0 atom stereocenters. The van der Waals surface area contributed by atoms with E-state index in [0.29, 0.717) is 0 Å². The second kappa shape index (κ2) is 5.92. The van der Waals surface area contributed by atoms with Crippen LogP contribution in [0.5, 0.6) is 5.75 Å². The van der Waals surface area contributed by atoms with Crippen LogP contribution in [0.2, 0.25) is 0 Å². The fraction of sp³-hybridized carbons (Fsp3) is 0.500. The van der Waals surface area contributed by atoms with Crippen LogP contribution in [-0.2, 0) is 6.42 Å². The Balaban J connectivity index is 2.68. The predicted molar refractivity (Wildman–Crippen MR) is 61.4 cm³/mol. The summed E-state index contributed by atoms with van der Waals surface area (Å²) < 4.78 is 5.47. The summed E-state index contributed by atoms with van der Waals surface area (Å²) >= 11 is 5.65. The van der Waals surface area contributed by atoms with E-state index in [1.807, 2.05) is 13.0 Å². The summed E-state index contributed by atoms with van der Waals surface area (Å²) in [6.07, 6.45) is 2.09. The third-order valence-electron chi connectivity index (χ3n) is 2.14. The molecule has 0 aliphatic carbocycles. The molecule has 0 aliphatic heterocycles. The Hall–Kier alpha value is -0.690. The minimum absolute atomic E-state index is 0.724. The standard InChI is InChI=1S/C12H17ClO/c1-3-14-12-7-6-11(5-4-8-13)9-10(12)2/h6-7,9H,3-5,8H2,1-2H3. The van der Waals surface area contributed by atoms with Gasteiger partial charge in [-0.25, -0.2) is 0 Å². The minimum Gasteiger partial charge on any atom is -0.494 e. The first-order valence-electron chi connectivity index (χ1n) is 5.06. The smallest absolute Gasteiger partial charge is 0.122 e. The number of hydrogen-bond acceptors (Lipinski definition) is 1. The molecule has 0 heterocycles. The third-order valence-corrected chi connectivity index (χ3v) is 2.41. The summed E-state index contributed by atoms with van der Waals surface area (Å²) in [7, 11) is 0. The quantitative estimate of drug-likeness (QED) is 0.679. The van der Waals surface area contributed by atoms with Gasteiger partial charge in [-0.1, -0.05) is 12.1 Å². The highest BCUT2D eigenvalue weighted by Gasteiger charge is 2.00. The van der Waals surface area contributed by atoms with Crippen LogP contribution >= 0.6 is 11.6 Å². The first-order valence-corrected chi connectivity index (χ1v) is 5.59. The summed E-state index contributed by atoms with van der Waals surface area (Å²) in [6.45, 7) is 4.80. The van der Waals surface area contributed by atoms with Crippen molar-refractivity contribution >= 4 is 11.6 Å². The Morgan fingerprint density at radius 3 is 2.71 bits per heavy atom. The fourth-order valence-corrected chi connectivity index (χ4v) is 1.59. The monoisotopic (exact) mass is 212 g/mol. The molecular weight excluding hydrogens is 196 g/mol. The van der Waals surface area contributed by atoms with Crippen molar-refractivity contribution in [3.8, 4) is 5.75 Å². The van der Waals surface area contributed by atoms with Crippen molar-refractivity contribution in [2.75, 3.05) is 12.5 Å². The topological polar surface area (TPSA) is 9.23 Å². The van der Waals surface area contributed by atoms with E-state index < -0.39 is 0 Å². The highest BCUT2D eigenvalue weighted by atomic mass is 35.5. The Labute approximate surface area is 91.0 Å². The largest absolute Gasteiger partial charge is 0.494 e. The molecule has 0 amide bonds. The lowest BCUT2D eigenvalue weighted by atomic mass is 10.1. The van der Waals surface area contributed by atoms with Crippen LogP contribution in [-0.4, -0.2) is 12.5 Å². The summed E-state index contributed by atoms with van der Waals surface area (Å²) in [6, 6.07) is 6.34. The van der Waals surface area contributed by atoms with Crippen molar-refractivity contribution in [1.82, 2.24) is 0 Å². The van der Waals surface area contributed by atoms with Crippen LogP contribution in [0.3, 0.4) is 0 Å². The average molecular weight is 213 g/mol. The van der Waals surface area contributed by atoms with Crippen LogP contribution in [0.4, 0.5) is 0 Å². The molecule has 0 saturated heterocycles. The molecule has 0 radical (unpaired) electrons. The Kier molecular flexibility index (Phi) is 4.81. The van der Waals surface area contributed by atoms with Crippen molar-refractivity contribution in [3.63, 3.8) is 0 Å². The van der Waals surface area contributed by atoms with Gasteiger partial charge in [0.15, 0.2) is 0 Å². The zero-order valence-corrected chi connectivity index (χ0v) is 9.60. The van der Waals surface area contributed by atoms with Gasteiger partial charge in [-0.3, -0.25) is 0 Å². The third kappa shape index (κ3) is 3.22. The van der Waals surface area contributed by atoms with Gasteiger partial charge in [-0.15, -0.1) is 11.6 Å². The number of ether oxygens (including phenoxy) is 1. The van der Waals surface area contributed by atoms with Gasteiger partial charge in [0.25, 0.3) is 0 Å². The predicted octanol–water partition coefficient (Wildman–Crippen LogP) is 3.57. The molecule has 14 heavy (non-hydrogen) atoms. The summed E-state index contributed by atoms with van der Waals surface area (Å²) in [5, 5.41) is 0.